The molecule has 0 unspecified atom stereocenters. The maximum Gasteiger partial charge on any atom is 0.326 e. The highest BCUT2D eigenvalue weighted by molar-refractivity contribution is 9.10. The Morgan fingerprint density at radius 2 is 1.68 bits per heavy atom. The van der Waals surface area contributed by atoms with Gasteiger partial charge in [0.1, 0.15) is 6.04 Å². The number of hydrogen-bond acceptors (Lipinski definition) is 2. The first-order valence-corrected chi connectivity index (χ1v) is 10.0. The molecular weight excluding hydrogens is 382 g/mol. The molecule has 1 aromatic rings. The summed E-state index contributed by atoms with van der Waals surface area (Å²) in [6, 6.07) is 6.71. The number of amides is 1. The highest BCUT2D eigenvalue weighted by atomic mass is 79.9. The lowest BCUT2D eigenvalue weighted by Gasteiger charge is -2.55. The Kier molecular flexibility index (Phi) is 4.38. The first-order valence-electron chi connectivity index (χ1n) is 9.22. The lowest BCUT2D eigenvalue weighted by molar-refractivity contribution is -0.151. The minimum absolute atomic E-state index is 0.0222. The van der Waals surface area contributed by atoms with Crippen LogP contribution in [0.15, 0.2) is 28.7 Å². The third-order valence-electron chi connectivity index (χ3n) is 6.51. The summed E-state index contributed by atoms with van der Waals surface area (Å²) >= 11 is 3.47. The van der Waals surface area contributed by atoms with Gasteiger partial charge < -0.3 is 10.4 Å². The van der Waals surface area contributed by atoms with Crippen molar-refractivity contribution >= 4 is 27.8 Å². The Morgan fingerprint density at radius 3 is 2.20 bits per heavy atom. The number of nitrogens with one attached hydrogen (secondary N) is 1. The minimum atomic E-state index is -0.964. The monoisotopic (exact) mass is 405 g/mol. The molecular formula is C20H24BrNO3. The first kappa shape index (κ1) is 17.1. The summed E-state index contributed by atoms with van der Waals surface area (Å²) in [5.41, 5.74) is 0.594. The molecule has 2 N–H and O–H groups in total. The summed E-state index contributed by atoms with van der Waals surface area (Å²) in [5.74, 6) is 1.02. The Morgan fingerprint density at radius 1 is 1.12 bits per heavy atom. The summed E-state index contributed by atoms with van der Waals surface area (Å²) in [6.45, 7) is 0. The van der Waals surface area contributed by atoms with Gasteiger partial charge in [-0.15, -0.1) is 0 Å². The molecule has 134 valence electrons. The van der Waals surface area contributed by atoms with Gasteiger partial charge in [-0.1, -0.05) is 34.1 Å². The van der Waals surface area contributed by atoms with E-state index in [0.717, 1.165) is 29.3 Å². The number of aliphatic carboxylic acids is 1. The second kappa shape index (κ2) is 6.42. The van der Waals surface area contributed by atoms with Crippen molar-refractivity contribution in [2.75, 3.05) is 0 Å². The van der Waals surface area contributed by atoms with E-state index in [2.05, 4.69) is 21.2 Å². The van der Waals surface area contributed by atoms with Gasteiger partial charge in [-0.25, -0.2) is 4.79 Å². The lowest BCUT2D eigenvalue weighted by atomic mass is 9.49. The molecule has 0 spiro atoms. The van der Waals surface area contributed by atoms with E-state index in [-0.39, 0.29) is 11.3 Å². The lowest BCUT2D eigenvalue weighted by Crippen LogP contribution is -2.56. The molecule has 5 heteroatoms. The van der Waals surface area contributed by atoms with E-state index in [0.29, 0.717) is 24.2 Å². The van der Waals surface area contributed by atoms with Gasteiger partial charge in [0.05, 0.1) is 0 Å². The first-order chi connectivity index (χ1) is 11.9. The Balaban J connectivity index is 1.50. The van der Waals surface area contributed by atoms with Crippen LogP contribution in [0.25, 0.3) is 0 Å². The second-order valence-electron chi connectivity index (χ2n) is 8.36. The molecule has 4 bridgehead atoms. The van der Waals surface area contributed by atoms with E-state index in [4.69, 9.17) is 0 Å². The molecule has 0 saturated heterocycles. The second-order valence-corrected chi connectivity index (χ2v) is 9.21. The molecule has 4 nitrogen and oxygen atoms in total. The zero-order valence-corrected chi connectivity index (χ0v) is 15.8. The maximum absolute atomic E-state index is 13.1. The van der Waals surface area contributed by atoms with Crippen molar-refractivity contribution < 1.29 is 14.7 Å². The fourth-order valence-electron chi connectivity index (χ4n) is 5.78. The molecule has 1 aromatic carbocycles. The van der Waals surface area contributed by atoms with Crippen LogP contribution in [0.5, 0.6) is 0 Å². The van der Waals surface area contributed by atoms with E-state index in [1.165, 1.54) is 19.3 Å². The molecule has 4 fully saturated rings. The predicted octanol–water partition coefficient (Wildman–Crippen LogP) is 3.78. The van der Waals surface area contributed by atoms with Crippen molar-refractivity contribution in [3.63, 3.8) is 0 Å². The van der Waals surface area contributed by atoms with Crippen LogP contribution in [0.2, 0.25) is 0 Å². The van der Waals surface area contributed by atoms with Crippen molar-refractivity contribution in [1.82, 2.24) is 5.32 Å². The largest absolute Gasteiger partial charge is 0.480 e. The highest BCUT2D eigenvalue weighted by Crippen LogP contribution is 2.60. The number of carbonyl (C=O) groups excluding carboxylic acids is 1. The number of hydrogen-bond donors (Lipinski definition) is 2. The number of carbonyl (C=O) groups is 2. The summed E-state index contributed by atoms with van der Waals surface area (Å²) in [6.07, 6.45) is 6.96. The SMILES string of the molecule is O=C(O)[C@@H](Cc1ccccc1Br)NC(=O)C12CC3CC(CC(C3)C1)C2. The molecule has 4 aliphatic rings. The molecule has 4 aliphatic carbocycles. The van der Waals surface area contributed by atoms with Gasteiger partial charge >= 0.3 is 5.97 Å². The standard InChI is InChI=1S/C20H24BrNO3/c21-16-4-2-1-3-15(16)8-17(18(23)24)22-19(25)20-9-12-5-13(10-20)7-14(6-12)11-20/h1-4,12-14,17H,5-11H2,(H,22,25)(H,23,24)/t12?,13?,14?,17-,20?/m1/s1. The number of halogens is 1. The van der Waals surface area contributed by atoms with Crippen LogP contribution in [0.1, 0.15) is 44.1 Å². The third-order valence-corrected chi connectivity index (χ3v) is 7.28. The van der Waals surface area contributed by atoms with Crippen LogP contribution in [-0.2, 0) is 16.0 Å². The molecule has 0 radical (unpaired) electrons. The quantitative estimate of drug-likeness (QED) is 0.782. The van der Waals surface area contributed by atoms with E-state index in [1.807, 2.05) is 24.3 Å². The average molecular weight is 406 g/mol. The Bertz CT molecular complexity index is 667. The normalized spacial score (nSPS) is 33.9. The molecule has 0 aliphatic heterocycles. The van der Waals surface area contributed by atoms with E-state index in [9.17, 15) is 14.7 Å². The Labute approximate surface area is 156 Å². The summed E-state index contributed by atoms with van der Waals surface area (Å²) in [4.78, 5) is 24.8. The molecule has 1 amide bonds. The van der Waals surface area contributed by atoms with Gasteiger partial charge in [-0.05, 0) is 67.9 Å². The van der Waals surface area contributed by atoms with Crippen LogP contribution in [-0.4, -0.2) is 23.0 Å². The van der Waals surface area contributed by atoms with Crippen LogP contribution in [0.3, 0.4) is 0 Å². The van der Waals surface area contributed by atoms with Crippen LogP contribution in [0, 0.1) is 23.2 Å². The smallest absolute Gasteiger partial charge is 0.326 e. The van der Waals surface area contributed by atoms with Gasteiger partial charge in [0, 0.05) is 16.3 Å². The summed E-state index contributed by atoms with van der Waals surface area (Å²) < 4.78 is 0.880. The summed E-state index contributed by atoms with van der Waals surface area (Å²) in [7, 11) is 0. The van der Waals surface area contributed by atoms with Crippen molar-refractivity contribution in [3.05, 3.63) is 34.3 Å². The van der Waals surface area contributed by atoms with Gasteiger partial charge in [-0.2, -0.15) is 0 Å². The van der Waals surface area contributed by atoms with Crippen molar-refractivity contribution in [1.29, 1.82) is 0 Å². The molecule has 5 rings (SSSR count). The fourth-order valence-corrected chi connectivity index (χ4v) is 6.23. The third kappa shape index (κ3) is 3.23. The van der Waals surface area contributed by atoms with Crippen molar-refractivity contribution in [2.24, 2.45) is 23.2 Å². The summed E-state index contributed by atoms with van der Waals surface area (Å²) in [5, 5.41) is 12.5. The van der Waals surface area contributed by atoms with Gasteiger partial charge in [-0.3, -0.25) is 4.79 Å². The van der Waals surface area contributed by atoms with E-state index >= 15 is 0 Å². The average Bonchev–Trinajstić information content (AvgIpc) is 2.54. The predicted molar refractivity (Wildman–Crippen MR) is 98.0 cm³/mol. The fraction of sp³-hybridized carbons (Fsp3) is 0.600. The zero-order valence-electron chi connectivity index (χ0n) is 14.2. The Hall–Kier alpha value is -1.36. The van der Waals surface area contributed by atoms with Gasteiger partial charge in [0.2, 0.25) is 5.91 Å². The maximum atomic E-state index is 13.1. The number of carboxylic acid groups (broad SMARTS) is 1. The highest BCUT2D eigenvalue weighted by Gasteiger charge is 2.54. The zero-order chi connectivity index (χ0) is 17.6. The number of carboxylic acids is 1. The van der Waals surface area contributed by atoms with E-state index < -0.39 is 12.0 Å². The number of rotatable bonds is 5. The molecule has 4 saturated carbocycles. The molecule has 0 heterocycles. The minimum Gasteiger partial charge on any atom is -0.480 e. The van der Waals surface area contributed by atoms with Gasteiger partial charge in [0.15, 0.2) is 0 Å². The van der Waals surface area contributed by atoms with Gasteiger partial charge in [0.25, 0.3) is 0 Å². The van der Waals surface area contributed by atoms with Crippen molar-refractivity contribution in [2.45, 2.75) is 51.0 Å². The van der Waals surface area contributed by atoms with Crippen LogP contribution < -0.4 is 5.32 Å². The molecule has 1 atom stereocenters. The van der Waals surface area contributed by atoms with E-state index in [1.54, 1.807) is 0 Å². The van der Waals surface area contributed by atoms with Crippen molar-refractivity contribution in [3.8, 4) is 0 Å². The van der Waals surface area contributed by atoms with Crippen LogP contribution in [0.4, 0.5) is 0 Å². The molecule has 0 aromatic heterocycles. The topological polar surface area (TPSA) is 66.4 Å². The van der Waals surface area contributed by atoms with Crippen LogP contribution >= 0.6 is 15.9 Å². The number of benzene rings is 1. The molecule has 25 heavy (non-hydrogen) atoms.